The van der Waals surface area contributed by atoms with E-state index in [0.29, 0.717) is 0 Å². The van der Waals surface area contributed by atoms with Crippen molar-refractivity contribution in [3.63, 3.8) is 0 Å². The van der Waals surface area contributed by atoms with Gasteiger partial charge in [0.1, 0.15) is 0 Å². The minimum Gasteiger partial charge on any atom is -0.372 e. The Labute approximate surface area is 377 Å². The Balaban J connectivity index is 1.13. The number of benzene rings is 4. The molecule has 3 heteroatoms. The minimum absolute atomic E-state index is 0.144. The third kappa shape index (κ3) is 16.6. The van der Waals surface area contributed by atoms with Crippen LogP contribution in [-0.2, 0) is 4.79 Å². The average Bonchev–Trinajstić information content (AvgIpc) is 3.64. The van der Waals surface area contributed by atoms with Crippen molar-refractivity contribution in [3.8, 4) is 23.7 Å². The predicted molar refractivity (Wildman–Crippen MR) is 269 cm³/mol. The molecule has 5 rings (SSSR count). The highest BCUT2D eigenvalue weighted by Gasteiger charge is 2.23. The molecule has 0 atom stereocenters. The lowest BCUT2D eigenvalue weighted by atomic mass is 10.0. The van der Waals surface area contributed by atoms with E-state index in [0.717, 1.165) is 83.5 Å². The summed E-state index contributed by atoms with van der Waals surface area (Å²) in [5, 5.41) is 0. The Kier molecular flexibility index (Phi) is 21.3. The van der Waals surface area contributed by atoms with Gasteiger partial charge in [-0.1, -0.05) is 153 Å². The van der Waals surface area contributed by atoms with E-state index in [2.05, 4.69) is 158 Å². The summed E-state index contributed by atoms with van der Waals surface area (Å²) in [5.41, 5.74) is 10.4. The molecule has 62 heavy (non-hydrogen) atoms. The van der Waals surface area contributed by atoms with Crippen LogP contribution in [-0.4, -0.2) is 32.0 Å². The molecule has 1 aliphatic rings. The van der Waals surface area contributed by atoms with E-state index in [1.54, 1.807) is 0 Å². The van der Waals surface area contributed by atoms with E-state index in [9.17, 15) is 4.79 Å². The second-order valence-electron chi connectivity index (χ2n) is 17.2. The maximum Gasteiger partial charge on any atom is 0.185 e. The molecule has 326 valence electrons. The number of hydrogen-bond donors (Lipinski definition) is 0. The fourth-order valence-electron chi connectivity index (χ4n) is 8.16. The molecule has 0 aromatic heterocycles. The first kappa shape index (κ1) is 47.8. The third-order valence-corrected chi connectivity index (χ3v) is 12.0. The Morgan fingerprint density at radius 2 is 0.661 bits per heavy atom. The quantitative estimate of drug-likeness (QED) is 0.0399. The summed E-state index contributed by atoms with van der Waals surface area (Å²) < 4.78 is 0. The molecule has 0 aliphatic heterocycles. The van der Waals surface area contributed by atoms with Crippen LogP contribution in [0.2, 0.25) is 0 Å². The molecule has 1 aliphatic carbocycles. The number of hydrogen-bond acceptors (Lipinski definition) is 3. The van der Waals surface area contributed by atoms with Crippen molar-refractivity contribution in [2.45, 2.75) is 143 Å². The van der Waals surface area contributed by atoms with Gasteiger partial charge in [-0.2, -0.15) is 0 Å². The first-order valence-electron chi connectivity index (χ1n) is 24.4. The maximum absolute atomic E-state index is 13.4. The molecule has 0 amide bonds. The van der Waals surface area contributed by atoms with E-state index >= 15 is 0 Å². The summed E-state index contributed by atoms with van der Waals surface area (Å²) in [6.45, 7) is 13.6. The lowest BCUT2D eigenvalue weighted by Gasteiger charge is -2.25. The van der Waals surface area contributed by atoms with Gasteiger partial charge in [-0.15, -0.1) is 0 Å². The van der Waals surface area contributed by atoms with Crippen LogP contribution in [0.5, 0.6) is 0 Å². The van der Waals surface area contributed by atoms with Crippen molar-refractivity contribution in [3.05, 3.63) is 142 Å². The van der Waals surface area contributed by atoms with E-state index in [4.69, 9.17) is 0 Å². The molecule has 0 radical (unpaired) electrons. The van der Waals surface area contributed by atoms with Gasteiger partial charge in [-0.25, -0.2) is 0 Å². The molecule has 0 unspecified atom stereocenters. The molecule has 0 N–H and O–H groups in total. The summed E-state index contributed by atoms with van der Waals surface area (Å²) in [5.74, 6) is 13.5. The second-order valence-corrected chi connectivity index (χ2v) is 17.2. The molecule has 1 fully saturated rings. The molecule has 1 saturated carbocycles. The van der Waals surface area contributed by atoms with Gasteiger partial charge in [-0.3, -0.25) is 4.79 Å². The van der Waals surface area contributed by atoms with Crippen LogP contribution in [0.25, 0.3) is 12.2 Å². The smallest absolute Gasteiger partial charge is 0.185 e. The van der Waals surface area contributed by atoms with Gasteiger partial charge in [-0.05, 0) is 135 Å². The molecule has 0 heterocycles. The van der Waals surface area contributed by atoms with E-state index in [1.165, 1.54) is 114 Å². The number of rotatable bonds is 24. The van der Waals surface area contributed by atoms with Crippen LogP contribution in [0.3, 0.4) is 0 Å². The van der Waals surface area contributed by atoms with Gasteiger partial charge in [0.25, 0.3) is 0 Å². The number of carbonyl (C=O) groups is 1. The Hall–Kier alpha value is -5.25. The Morgan fingerprint density at radius 1 is 0.387 bits per heavy atom. The summed E-state index contributed by atoms with van der Waals surface area (Å²) in [7, 11) is 0. The molecule has 4 aromatic carbocycles. The highest BCUT2D eigenvalue weighted by molar-refractivity contribution is 6.15. The monoisotopic (exact) mass is 827 g/mol. The topological polar surface area (TPSA) is 23.6 Å². The van der Waals surface area contributed by atoms with Gasteiger partial charge in [0.2, 0.25) is 0 Å². The van der Waals surface area contributed by atoms with Crippen molar-refractivity contribution in [1.29, 1.82) is 0 Å². The summed E-state index contributed by atoms with van der Waals surface area (Å²) >= 11 is 0. The van der Waals surface area contributed by atoms with E-state index < -0.39 is 0 Å². The molecule has 0 spiro atoms. The summed E-state index contributed by atoms with van der Waals surface area (Å²) in [6, 6.07) is 34.1. The average molecular weight is 827 g/mol. The van der Waals surface area contributed by atoms with Crippen molar-refractivity contribution < 1.29 is 4.79 Å². The highest BCUT2D eigenvalue weighted by Crippen LogP contribution is 2.30. The van der Waals surface area contributed by atoms with Crippen molar-refractivity contribution >= 4 is 29.3 Å². The minimum atomic E-state index is 0.144. The lowest BCUT2D eigenvalue weighted by molar-refractivity contribution is -0.111. The van der Waals surface area contributed by atoms with Crippen LogP contribution in [0.15, 0.2) is 108 Å². The highest BCUT2D eigenvalue weighted by atomic mass is 16.1. The molecule has 0 saturated heterocycles. The SMILES string of the molecule is CCCCCCN(CCCCCC)c1ccc(C#Cc2ccc(/C=C3\CC/C(=C\c4ccc(C#Cc5ccc(N(CCCCCC)CCCCCC)cc5)cc4)C3=O)cc2)cc1. The Bertz CT molecular complexity index is 1920. The number of carbonyl (C=O) groups excluding carboxylic acids is 1. The zero-order valence-corrected chi connectivity index (χ0v) is 38.8. The van der Waals surface area contributed by atoms with Crippen molar-refractivity contribution in [1.82, 2.24) is 0 Å². The molecular formula is C59H74N2O. The zero-order chi connectivity index (χ0) is 43.6. The van der Waals surface area contributed by atoms with E-state index in [-0.39, 0.29) is 5.78 Å². The van der Waals surface area contributed by atoms with Gasteiger partial charge in [0, 0.05) is 71.0 Å². The Morgan fingerprint density at radius 3 is 0.935 bits per heavy atom. The number of unbranched alkanes of at least 4 members (excludes halogenated alkanes) is 12. The number of ketones is 1. The number of Topliss-reactive ketones (excluding diaryl/α,β-unsaturated/α-hetero) is 1. The molecular weight excluding hydrogens is 753 g/mol. The first-order valence-corrected chi connectivity index (χ1v) is 24.4. The number of nitrogens with zero attached hydrogens (tertiary/aromatic N) is 2. The maximum atomic E-state index is 13.4. The summed E-state index contributed by atoms with van der Waals surface area (Å²) in [6.07, 6.45) is 26.2. The van der Waals surface area contributed by atoms with Gasteiger partial charge >= 0.3 is 0 Å². The van der Waals surface area contributed by atoms with E-state index in [1.807, 2.05) is 12.2 Å². The molecule has 0 bridgehead atoms. The normalized spacial score (nSPS) is 13.5. The van der Waals surface area contributed by atoms with Crippen molar-refractivity contribution in [2.75, 3.05) is 36.0 Å². The predicted octanol–water partition coefficient (Wildman–Crippen LogP) is 15.3. The van der Waals surface area contributed by atoms with Crippen LogP contribution in [0.1, 0.15) is 177 Å². The van der Waals surface area contributed by atoms with Gasteiger partial charge in [0.15, 0.2) is 5.78 Å². The van der Waals surface area contributed by atoms with Crippen LogP contribution < -0.4 is 9.80 Å². The largest absolute Gasteiger partial charge is 0.372 e. The standard InChI is InChI=1S/C59H74N2O/c1-5-9-13-17-43-60(44-18-14-10-6-2)57-39-33-51(34-40-57)23-21-49-25-29-53(30-26-49)47-55-37-38-56(59(55)62)48-54-31-27-50(28-32-54)22-24-52-35-41-58(42-36-52)61(45-19-15-11-7-3)46-20-16-12-8-4/h25-36,39-42,47-48H,5-20,37-38,43-46H2,1-4H3/b55-47+,56-48+. The van der Waals surface area contributed by atoms with Crippen LogP contribution in [0, 0.1) is 23.7 Å². The molecule has 3 nitrogen and oxygen atoms in total. The second kappa shape index (κ2) is 27.6. The number of anilines is 2. The first-order chi connectivity index (χ1) is 30.5. The summed E-state index contributed by atoms with van der Waals surface area (Å²) in [4.78, 5) is 18.6. The van der Waals surface area contributed by atoms with Gasteiger partial charge < -0.3 is 9.80 Å². The molecule has 4 aromatic rings. The third-order valence-electron chi connectivity index (χ3n) is 12.0. The van der Waals surface area contributed by atoms with Crippen LogP contribution in [0.4, 0.5) is 11.4 Å². The van der Waals surface area contributed by atoms with Gasteiger partial charge in [0.05, 0.1) is 0 Å². The fraction of sp³-hybridized carbons (Fsp3) is 0.441. The zero-order valence-electron chi connectivity index (χ0n) is 38.8. The van der Waals surface area contributed by atoms with Crippen molar-refractivity contribution in [2.24, 2.45) is 0 Å². The number of allylic oxidation sites excluding steroid dienone is 2. The lowest BCUT2D eigenvalue weighted by Crippen LogP contribution is -2.25. The van der Waals surface area contributed by atoms with Crippen LogP contribution >= 0.6 is 0 Å². The fourth-order valence-corrected chi connectivity index (χ4v) is 8.16.